The standard InChI is InChI=1S/C10H14N2O3/c1-14-8-3-2-4-9(7-8)15-6-5-10(11)12-13/h2-4,7,13H,5-6H2,1H3,(H2,11,12). The van der Waals surface area contributed by atoms with Crippen molar-refractivity contribution in [1.82, 2.24) is 0 Å². The van der Waals surface area contributed by atoms with Gasteiger partial charge in [0, 0.05) is 12.5 Å². The first-order chi connectivity index (χ1) is 7.26. The monoisotopic (exact) mass is 210 g/mol. The molecule has 0 amide bonds. The topological polar surface area (TPSA) is 77.1 Å². The van der Waals surface area contributed by atoms with Crippen molar-refractivity contribution >= 4 is 5.84 Å². The maximum absolute atomic E-state index is 8.30. The quantitative estimate of drug-likeness (QED) is 0.331. The van der Waals surface area contributed by atoms with Crippen LogP contribution in [0.5, 0.6) is 11.5 Å². The zero-order valence-electron chi connectivity index (χ0n) is 8.51. The van der Waals surface area contributed by atoms with Crippen molar-refractivity contribution in [2.45, 2.75) is 6.42 Å². The average Bonchev–Trinajstić information content (AvgIpc) is 2.29. The van der Waals surface area contributed by atoms with E-state index in [1.54, 1.807) is 13.2 Å². The van der Waals surface area contributed by atoms with Gasteiger partial charge in [-0.05, 0) is 12.1 Å². The molecule has 82 valence electrons. The van der Waals surface area contributed by atoms with Crippen LogP contribution in [0.3, 0.4) is 0 Å². The smallest absolute Gasteiger partial charge is 0.142 e. The van der Waals surface area contributed by atoms with Gasteiger partial charge in [0.15, 0.2) is 0 Å². The minimum atomic E-state index is 0.151. The van der Waals surface area contributed by atoms with Gasteiger partial charge in [-0.2, -0.15) is 0 Å². The van der Waals surface area contributed by atoms with Crippen LogP contribution in [0.15, 0.2) is 29.4 Å². The largest absolute Gasteiger partial charge is 0.497 e. The molecular weight excluding hydrogens is 196 g/mol. The summed E-state index contributed by atoms with van der Waals surface area (Å²) in [7, 11) is 1.59. The molecule has 0 spiro atoms. The molecule has 0 radical (unpaired) electrons. The summed E-state index contributed by atoms with van der Waals surface area (Å²) in [4.78, 5) is 0. The fourth-order valence-electron chi connectivity index (χ4n) is 1.01. The predicted octanol–water partition coefficient (Wildman–Crippen LogP) is 1.21. The Hall–Kier alpha value is -1.91. The Bertz CT molecular complexity index is 339. The van der Waals surface area contributed by atoms with Crippen LogP contribution < -0.4 is 15.2 Å². The highest BCUT2D eigenvalue weighted by Gasteiger charge is 1.98. The van der Waals surface area contributed by atoms with Gasteiger partial charge in [-0.25, -0.2) is 0 Å². The number of nitrogens with zero attached hydrogens (tertiary/aromatic N) is 1. The Balaban J connectivity index is 2.43. The van der Waals surface area contributed by atoms with Crippen molar-refractivity contribution in [2.24, 2.45) is 10.9 Å². The maximum Gasteiger partial charge on any atom is 0.142 e. The van der Waals surface area contributed by atoms with Gasteiger partial charge >= 0.3 is 0 Å². The molecule has 3 N–H and O–H groups in total. The zero-order valence-corrected chi connectivity index (χ0v) is 8.51. The van der Waals surface area contributed by atoms with Gasteiger partial charge in [-0.1, -0.05) is 11.2 Å². The second-order valence-electron chi connectivity index (χ2n) is 2.87. The number of ether oxygens (including phenoxy) is 2. The molecule has 0 fully saturated rings. The molecule has 0 aliphatic rings. The highest BCUT2D eigenvalue weighted by molar-refractivity contribution is 5.79. The summed E-state index contributed by atoms with van der Waals surface area (Å²) in [6, 6.07) is 7.25. The first-order valence-electron chi connectivity index (χ1n) is 4.49. The fourth-order valence-corrected chi connectivity index (χ4v) is 1.01. The molecule has 5 heteroatoms. The number of hydrogen-bond donors (Lipinski definition) is 2. The molecule has 0 heterocycles. The third-order valence-electron chi connectivity index (χ3n) is 1.80. The summed E-state index contributed by atoms with van der Waals surface area (Å²) in [5.74, 6) is 1.58. The van der Waals surface area contributed by atoms with Crippen molar-refractivity contribution in [3.8, 4) is 11.5 Å². The molecule has 0 atom stereocenters. The molecule has 0 saturated carbocycles. The van der Waals surface area contributed by atoms with Crippen molar-refractivity contribution in [1.29, 1.82) is 0 Å². The van der Waals surface area contributed by atoms with Gasteiger partial charge < -0.3 is 20.4 Å². The third-order valence-corrected chi connectivity index (χ3v) is 1.80. The summed E-state index contributed by atoms with van der Waals surface area (Å²) in [5, 5.41) is 11.1. The lowest BCUT2D eigenvalue weighted by atomic mass is 10.3. The van der Waals surface area contributed by atoms with Gasteiger partial charge in [0.25, 0.3) is 0 Å². The van der Waals surface area contributed by atoms with Crippen LogP contribution in [0.25, 0.3) is 0 Å². The second kappa shape index (κ2) is 5.74. The average molecular weight is 210 g/mol. The van der Waals surface area contributed by atoms with Crippen LogP contribution in [0, 0.1) is 0 Å². The van der Waals surface area contributed by atoms with Gasteiger partial charge in [-0.15, -0.1) is 0 Å². The second-order valence-corrected chi connectivity index (χ2v) is 2.87. The summed E-state index contributed by atoms with van der Waals surface area (Å²) in [5.41, 5.74) is 5.29. The Labute approximate surface area is 88.1 Å². The number of oxime groups is 1. The summed E-state index contributed by atoms with van der Waals surface area (Å²) >= 11 is 0. The van der Waals surface area contributed by atoms with Gasteiger partial charge in [0.1, 0.15) is 17.3 Å². The van der Waals surface area contributed by atoms with E-state index in [1.807, 2.05) is 18.2 Å². The summed E-state index contributed by atoms with van der Waals surface area (Å²) < 4.78 is 10.4. The lowest BCUT2D eigenvalue weighted by molar-refractivity contribution is 0.304. The van der Waals surface area contributed by atoms with E-state index in [-0.39, 0.29) is 5.84 Å². The summed E-state index contributed by atoms with van der Waals surface area (Å²) in [6.45, 7) is 0.364. The lowest BCUT2D eigenvalue weighted by Gasteiger charge is -2.06. The molecule has 0 bridgehead atoms. The Morgan fingerprint density at radius 2 is 2.20 bits per heavy atom. The Morgan fingerprint density at radius 1 is 1.47 bits per heavy atom. The number of nitrogens with two attached hydrogens (primary N) is 1. The summed E-state index contributed by atoms with van der Waals surface area (Å²) in [6.07, 6.45) is 0.383. The van der Waals surface area contributed by atoms with Crippen LogP contribution in [0.1, 0.15) is 6.42 Å². The van der Waals surface area contributed by atoms with Crippen LogP contribution >= 0.6 is 0 Å². The predicted molar refractivity (Wildman–Crippen MR) is 56.5 cm³/mol. The van der Waals surface area contributed by atoms with Crippen LogP contribution in [0.4, 0.5) is 0 Å². The molecule has 0 unspecified atom stereocenters. The molecule has 1 aromatic carbocycles. The van der Waals surface area contributed by atoms with Gasteiger partial charge in [-0.3, -0.25) is 0 Å². The van der Waals surface area contributed by atoms with E-state index in [2.05, 4.69) is 5.16 Å². The van der Waals surface area contributed by atoms with E-state index in [9.17, 15) is 0 Å². The molecule has 5 nitrogen and oxygen atoms in total. The third kappa shape index (κ3) is 3.76. The van der Waals surface area contributed by atoms with E-state index in [0.29, 0.717) is 18.8 Å². The Morgan fingerprint density at radius 3 is 2.87 bits per heavy atom. The van der Waals surface area contributed by atoms with E-state index in [0.717, 1.165) is 5.75 Å². The van der Waals surface area contributed by atoms with Gasteiger partial charge in [0.05, 0.1) is 13.7 Å². The first kappa shape index (κ1) is 11.2. The fraction of sp³-hybridized carbons (Fsp3) is 0.300. The molecule has 0 aliphatic heterocycles. The van der Waals surface area contributed by atoms with Crippen molar-refractivity contribution in [3.63, 3.8) is 0 Å². The first-order valence-corrected chi connectivity index (χ1v) is 4.49. The molecule has 0 saturated heterocycles. The van der Waals surface area contributed by atoms with E-state index in [4.69, 9.17) is 20.4 Å². The molecule has 15 heavy (non-hydrogen) atoms. The highest BCUT2D eigenvalue weighted by Crippen LogP contribution is 2.18. The number of benzene rings is 1. The number of rotatable bonds is 5. The minimum Gasteiger partial charge on any atom is -0.497 e. The van der Waals surface area contributed by atoms with E-state index >= 15 is 0 Å². The van der Waals surface area contributed by atoms with Crippen LogP contribution in [0.2, 0.25) is 0 Å². The molecule has 1 aromatic rings. The van der Waals surface area contributed by atoms with Crippen molar-refractivity contribution in [2.75, 3.05) is 13.7 Å². The minimum absolute atomic E-state index is 0.151. The van der Waals surface area contributed by atoms with Crippen LogP contribution in [-0.4, -0.2) is 24.8 Å². The lowest BCUT2D eigenvalue weighted by Crippen LogP contribution is -2.15. The molecule has 0 aromatic heterocycles. The maximum atomic E-state index is 8.30. The Kier molecular flexibility index (Phi) is 4.28. The normalized spacial score (nSPS) is 11.1. The number of hydrogen-bond acceptors (Lipinski definition) is 4. The van der Waals surface area contributed by atoms with Crippen molar-refractivity contribution < 1.29 is 14.7 Å². The van der Waals surface area contributed by atoms with Crippen LogP contribution in [-0.2, 0) is 0 Å². The van der Waals surface area contributed by atoms with Gasteiger partial charge in [0.2, 0.25) is 0 Å². The van der Waals surface area contributed by atoms with E-state index < -0.39 is 0 Å². The number of amidine groups is 1. The molecule has 1 rings (SSSR count). The SMILES string of the molecule is COc1cccc(OCC/C(N)=N/O)c1. The highest BCUT2D eigenvalue weighted by atomic mass is 16.5. The zero-order chi connectivity index (χ0) is 11.1. The number of methoxy groups -OCH3 is 1. The van der Waals surface area contributed by atoms with E-state index in [1.165, 1.54) is 0 Å². The van der Waals surface area contributed by atoms with Crippen molar-refractivity contribution in [3.05, 3.63) is 24.3 Å². The molecular formula is C10H14N2O3. The molecule has 0 aliphatic carbocycles.